The van der Waals surface area contributed by atoms with Gasteiger partial charge in [-0.05, 0) is 37.5 Å². The van der Waals surface area contributed by atoms with Crippen LogP contribution in [-0.2, 0) is 14.0 Å². The summed E-state index contributed by atoms with van der Waals surface area (Å²) < 4.78 is 11.4. The summed E-state index contributed by atoms with van der Waals surface area (Å²) in [7, 11) is -0.611. The monoisotopic (exact) mass is 348 g/mol. The number of benzene rings is 1. The van der Waals surface area contributed by atoms with Gasteiger partial charge in [-0.2, -0.15) is 0 Å². The Balaban J connectivity index is 3.09. The van der Waals surface area contributed by atoms with Crippen LogP contribution in [0.2, 0.25) is 18.1 Å². The van der Waals surface area contributed by atoms with Crippen LogP contribution in [-0.4, -0.2) is 27.0 Å². The average molecular weight is 349 g/mol. The van der Waals surface area contributed by atoms with E-state index in [1.807, 2.05) is 19.1 Å². The van der Waals surface area contributed by atoms with E-state index in [9.17, 15) is 4.79 Å². The Bertz CT molecular complexity index is 582. The van der Waals surface area contributed by atoms with E-state index in [-0.39, 0.29) is 17.4 Å². The number of rotatable bonds is 6. The molecule has 1 rings (SSSR count). The topological polar surface area (TPSA) is 35.5 Å². The highest BCUT2D eigenvalue weighted by Crippen LogP contribution is 2.40. The summed E-state index contributed by atoms with van der Waals surface area (Å²) in [6.45, 7) is 15.0. The molecular formula is C20H32O3Si. The van der Waals surface area contributed by atoms with Gasteiger partial charge in [-0.3, -0.25) is 4.79 Å². The normalized spacial score (nSPS) is 15.3. The molecule has 0 unspecified atom stereocenters. The molecule has 0 aliphatic rings. The molecule has 24 heavy (non-hydrogen) atoms. The first-order chi connectivity index (χ1) is 10.9. The lowest BCUT2D eigenvalue weighted by Crippen LogP contribution is -2.48. The van der Waals surface area contributed by atoms with Gasteiger partial charge in [0.15, 0.2) is 8.32 Å². The Kier molecular flexibility index (Phi) is 6.59. The number of carbonyl (C=O) groups excluding carboxylic acids is 1. The van der Waals surface area contributed by atoms with Crippen LogP contribution in [0.3, 0.4) is 0 Å². The number of hydrogen-bond acceptors (Lipinski definition) is 3. The second-order valence-corrected chi connectivity index (χ2v) is 12.9. The lowest BCUT2D eigenvalue weighted by molar-refractivity contribution is -0.143. The van der Waals surface area contributed by atoms with Crippen molar-refractivity contribution in [1.82, 2.24) is 0 Å². The highest BCUT2D eigenvalue weighted by Gasteiger charge is 2.43. The maximum atomic E-state index is 11.9. The van der Waals surface area contributed by atoms with Crippen molar-refractivity contribution in [2.75, 3.05) is 7.11 Å². The highest BCUT2D eigenvalue weighted by molar-refractivity contribution is 6.74. The van der Waals surface area contributed by atoms with Crippen molar-refractivity contribution in [3.63, 3.8) is 0 Å². The maximum absolute atomic E-state index is 11.9. The average Bonchev–Trinajstić information content (AvgIpc) is 2.44. The first-order valence-corrected chi connectivity index (χ1v) is 11.3. The van der Waals surface area contributed by atoms with Crippen LogP contribution >= 0.6 is 0 Å². The molecule has 0 aromatic heterocycles. The molecule has 0 spiro atoms. The third kappa shape index (κ3) is 5.91. The van der Waals surface area contributed by atoms with Crippen molar-refractivity contribution in [3.8, 4) is 0 Å². The summed E-state index contributed by atoms with van der Waals surface area (Å²) in [4.78, 5) is 11.9. The molecule has 1 aromatic carbocycles. The van der Waals surface area contributed by atoms with Crippen LogP contribution in [0.25, 0.3) is 6.08 Å². The summed E-state index contributed by atoms with van der Waals surface area (Å²) in [5.74, 6) is -0.259. The van der Waals surface area contributed by atoms with Gasteiger partial charge < -0.3 is 9.16 Å². The Labute approximate surface area is 148 Å². The van der Waals surface area contributed by atoms with Gasteiger partial charge in [0.1, 0.15) is 0 Å². The zero-order chi connectivity index (χ0) is 18.6. The Hall–Kier alpha value is -1.39. The number of aryl methyl sites for hydroxylation is 1. The third-order valence-corrected chi connectivity index (χ3v) is 9.31. The molecule has 3 nitrogen and oxygen atoms in total. The Morgan fingerprint density at radius 3 is 2.12 bits per heavy atom. The molecule has 0 bridgehead atoms. The first kappa shape index (κ1) is 20.7. The zero-order valence-corrected chi connectivity index (χ0v) is 17.4. The maximum Gasteiger partial charge on any atom is 0.308 e. The smallest absolute Gasteiger partial charge is 0.308 e. The Morgan fingerprint density at radius 1 is 1.12 bits per heavy atom. The van der Waals surface area contributed by atoms with E-state index >= 15 is 0 Å². The largest absolute Gasteiger partial charge is 0.469 e. The molecule has 0 N–H and O–H groups in total. The summed E-state index contributed by atoms with van der Waals surface area (Å²) in [6.07, 6.45) is 4.23. The van der Waals surface area contributed by atoms with Crippen LogP contribution in [0, 0.1) is 6.92 Å². The number of carbonyl (C=O) groups is 1. The number of methoxy groups -OCH3 is 1. The van der Waals surface area contributed by atoms with Crippen molar-refractivity contribution in [1.29, 1.82) is 0 Å². The number of hydrogen-bond donors (Lipinski definition) is 0. The summed E-state index contributed by atoms with van der Waals surface area (Å²) in [6, 6.07) is 8.28. The second-order valence-electron chi connectivity index (χ2n) is 8.17. The van der Waals surface area contributed by atoms with E-state index in [1.165, 1.54) is 12.7 Å². The predicted molar refractivity (Wildman–Crippen MR) is 104 cm³/mol. The van der Waals surface area contributed by atoms with Crippen LogP contribution in [0.5, 0.6) is 0 Å². The summed E-state index contributed by atoms with van der Waals surface area (Å²) in [5, 5.41) is 0.0715. The number of esters is 1. The molecule has 134 valence electrons. The SMILES string of the molecule is COC(=O)C[C@@](C)(/C=C/c1ccc(C)cc1)O[Si](C)(C)C(C)(C)C. The van der Waals surface area contributed by atoms with Gasteiger partial charge in [0.2, 0.25) is 0 Å². The van der Waals surface area contributed by atoms with E-state index in [1.54, 1.807) is 0 Å². The molecule has 0 saturated heterocycles. The van der Waals surface area contributed by atoms with E-state index in [4.69, 9.17) is 9.16 Å². The fourth-order valence-corrected chi connectivity index (χ4v) is 3.79. The fraction of sp³-hybridized carbons (Fsp3) is 0.550. The molecule has 4 heteroatoms. The van der Waals surface area contributed by atoms with E-state index in [0.717, 1.165) is 5.56 Å². The third-order valence-electron chi connectivity index (χ3n) is 4.72. The van der Waals surface area contributed by atoms with Gasteiger partial charge in [-0.15, -0.1) is 0 Å². The first-order valence-electron chi connectivity index (χ1n) is 8.41. The Morgan fingerprint density at radius 2 is 1.67 bits per heavy atom. The van der Waals surface area contributed by atoms with E-state index in [0.29, 0.717) is 0 Å². The van der Waals surface area contributed by atoms with Gasteiger partial charge in [0, 0.05) is 0 Å². The van der Waals surface area contributed by atoms with Crippen molar-refractivity contribution >= 4 is 20.4 Å². The summed E-state index contributed by atoms with van der Waals surface area (Å²) >= 11 is 0. The zero-order valence-electron chi connectivity index (χ0n) is 16.4. The molecule has 0 amide bonds. The van der Waals surface area contributed by atoms with Gasteiger partial charge in [0.25, 0.3) is 0 Å². The minimum absolute atomic E-state index is 0.0715. The van der Waals surface area contributed by atoms with Crippen LogP contribution in [0.4, 0.5) is 0 Å². The fourth-order valence-electron chi connectivity index (χ4n) is 2.17. The number of ether oxygens (including phenoxy) is 1. The highest BCUT2D eigenvalue weighted by atomic mass is 28.4. The van der Waals surface area contributed by atoms with Crippen molar-refractivity contribution in [2.45, 2.75) is 64.8 Å². The standard InChI is InChI=1S/C20H32O3Si/c1-16-9-11-17(12-10-16)13-14-20(5,15-18(21)22-6)23-24(7,8)19(2,3)4/h9-14H,15H2,1-8H3/b14-13+/t20-/m1/s1. The van der Waals surface area contributed by atoms with Crippen LogP contribution < -0.4 is 0 Å². The molecule has 0 aliphatic carbocycles. The van der Waals surface area contributed by atoms with Crippen molar-refractivity contribution in [3.05, 3.63) is 41.5 Å². The molecule has 0 fully saturated rings. The van der Waals surface area contributed by atoms with E-state index in [2.05, 4.69) is 65.1 Å². The molecule has 0 aliphatic heterocycles. The molecule has 1 aromatic rings. The molecule has 0 saturated carbocycles. The van der Waals surface area contributed by atoms with Crippen molar-refractivity contribution in [2.24, 2.45) is 0 Å². The van der Waals surface area contributed by atoms with Gasteiger partial charge in [0.05, 0.1) is 19.1 Å². The molecule has 1 atom stereocenters. The van der Waals surface area contributed by atoms with Gasteiger partial charge >= 0.3 is 5.97 Å². The second kappa shape index (κ2) is 7.66. The lowest BCUT2D eigenvalue weighted by Gasteiger charge is -2.42. The summed E-state index contributed by atoms with van der Waals surface area (Å²) in [5.41, 5.74) is 1.64. The predicted octanol–water partition coefficient (Wildman–Crippen LogP) is 5.35. The van der Waals surface area contributed by atoms with Crippen molar-refractivity contribution < 1.29 is 14.0 Å². The molecule has 0 radical (unpaired) electrons. The quantitative estimate of drug-likeness (QED) is 0.513. The van der Waals surface area contributed by atoms with Crippen LogP contribution in [0.1, 0.15) is 45.2 Å². The van der Waals surface area contributed by atoms with E-state index < -0.39 is 13.9 Å². The molecular weight excluding hydrogens is 316 g/mol. The minimum Gasteiger partial charge on any atom is -0.469 e. The molecule has 0 heterocycles. The lowest BCUT2D eigenvalue weighted by atomic mass is 10.0. The minimum atomic E-state index is -2.03. The van der Waals surface area contributed by atoms with Gasteiger partial charge in [-0.1, -0.05) is 62.8 Å². The van der Waals surface area contributed by atoms with Gasteiger partial charge in [-0.25, -0.2) is 0 Å². The van der Waals surface area contributed by atoms with Crippen LogP contribution in [0.15, 0.2) is 30.3 Å².